The standard InChI is InChI=1S/C14H9Cl2NO4/c15-11-5-4-10(13(16)7-11)8-21-14(18)9-2-1-3-12(6-9)17(19)20/h1-7H,8H2. The third-order valence-corrected chi connectivity index (χ3v) is 3.25. The van der Waals surface area contributed by atoms with E-state index in [-0.39, 0.29) is 17.9 Å². The number of hydrogen-bond acceptors (Lipinski definition) is 4. The number of nitrogens with zero attached hydrogens (tertiary/aromatic N) is 1. The lowest BCUT2D eigenvalue weighted by Crippen LogP contribution is -2.06. The maximum Gasteiger partial charge on any atom is 0.338 e. The minimum Gasteiger partial charge on any atom is -0.457 e. The Morgan fingerprint density at radius 3 is 2.62 bits per heavy atom. The van der Waals surface area contributed by atoms with Crippen molar-refractivity contribution in [1.29, 1.82) is 0 Å². The summed E-state index contributed by atoms with van der Waals surface area (Å²) < 4.78 is 5.08. The number of benzene rings is 2. The van der Waals surface area contributed by atoms with Gasteiger partial charge in [0.25, 0.3) is 5.69 Å². The van der Waals surface area contributed by atoms with E-state index in [0.717, 1.165) is 6.07 Å². The Labute approximate surface area is 130 Å². The molecule has 108 valence electrons. The minimum absolute atomic E-state index is 0.0441. The number of esters is 1. The van der Waals surface area contributed by atoms with E-state index in [2.05, 4.69) is 0 Å². The van der Waals surface area contributed by atoms with Crippen molar-refractivity contribution in [2.24, 2.45) is 0 Å². The van der Waals surface area contributed by atoms with Gasteiger partial charge in [-0.2, -0.15) is 0 Å². The van der Waals surface area contributed by atoms with E-state index in [1.165, 1.54) is 18.2 Å². The summed E-state index contributed by atoms with van der Waals surface area (Å²) in [5, 5.41) is 11.5. The van der Waals surface area contributed by atoms with E-state index < -0.39 is 10.9 Å². The number of non-ortho nitro benzene ring substituents is 1. The number of rotatable bonds is 4. The van der Waals surface area contributed by atoms with Gasteiger partial charge >= 0.3 is 5.97 Å². The molecule has 0 saturated heterocycles. The van der Waals surface area contributed by atoms with Crippen molar-refractivity contribution in [3.05, 3.63) is 73.8 Å². The van der Waals surface area contributed by atoms with E-state index in [1.807, 2.05) is 0 Å². The fraction of sp³-hybridized carbons (Fsp3) is 0.0714. The highest BCUT2D eigenvalue weighted by atomic mass is 35.5. The van der Waals surface area contributed by atoms with Gasteiger partial charge in [-0.05, 0) is 18.2 Å². The molecule has 0 radical (unpaired) electrons. The molecule has 21 heavy (non-hydrogen) atoms. The van der Waals surface area contributed by atoms with Gasteiger partial charge in [-0.25, -0.2) is 4.79 Å². The van der Waals surface area contributed by atoms with Gasteiger partial charge in [0.05, 0.1) is 10.5 Å². The number of carbonyl (C=O) groups excluding carboxylic acids is 1. The van der Waals surface area contributed by atoms with Gasteiger partial charge in [-0.15, -0.1) is 0 Å². The Balaban J connectivity index is 2.08. The van der Waals surface area contributed by atoms with Crippen LogP contribution < -0.4 is 0 Å². The lowest BCUT2D eigenvalue weighted by molar-refractivity contribution is -0.384. The molecule has 0 spiro atoms. The highest BCUT2D eigenvalue weighted by Crippen LogP contribution is 2.22. The van der Waals surface area contributed by atoms with Crippen LogP contribution in [0, 0.1) is 10.1 Å². The van der Waals surface area contributed by atoms with Gasteiger partial charge < -0.3 is 4.74 Å². The largest absolute Gasteiger partial charge is 0.457 e. The molecule has 0 unspecified atom stereocenters. The summed E-state index contributed by atoms with van der Waals surface area (Å²) >= 11 is 11.7. The molecule has 0 aromatic heterocycles. The van der Waals surface area contributed by atoms with Gasteiger partial charge in [-0.1, -0.05) is 35.3 Å². The van der Waals surface area contributed by atoms with Crippen LogP contribution >= 0.6 is 23.2 Å². The highest BCUT2D eigenvalue weighted by Gasteiger charge is 2.13. The Bertz CT molecular complexity index is 703. The SMILES string of the molecule is O=C(OCc1ccc(Cl)cc1Cl)c1cccc([N+](=O)[O-])c1. The maximum atomic E-state index is 11.9. The predicted octanol–water partition coefficient (Wildman–Crippen LogP) is 4.26. The molecule has 7 heteroatoms. The Hall–Kier alpha value is -2.11. The summed E-state index contributed by atoms with van der Waals surface area (Å²) in [6.07, 6.45) is 0. The van der Waals surface area contributed by atoms with Crippen molar-refractivity contribution >= 4 is 34.9 Å². The van der Waals surface area contributed by atoms with Crippen molar-refractivity contribution < 1.29 is 14.5 Å². The van der Waals surface area contributed by atoms with Crippen LogP contribution in [-0.4, -0.2) is 10.9 Å². The monoisotopic (exact) mass is 325 g/mol. The second kappa shape index (κ2) is 6.56. The quantitative estimate of drug-likeness (QED) is 0.478. The summed E-state index contributed by atoms with van der Waals surface area (Å²) in [7, 11) is 0. The average Bonchev–Trinajstić information content (AvgIpc) is 2.46. The molecule has 2 rings (SSSR count). The number of carbonyl (C=O) groups is 1. The molecule has 0 fully saturated rings. The van der Waals surface area contributed by atoms with Crippen molar-refractivity contribution in [3.8, 4) is 0 Å². The Kier molecular flexibility index (Phi) is 4.77. The first-order chi connectivity index (χ1) is 9.97. The van der Waals surface area contributed by atoms with E-state index in [0.29, 0.717) is 15.6 Å². The van der Waals surface area contributed by atoms with Crippen LogP contribution in [0.3, 0.4) is 0 Å². The Morgan fingerprint density at radius 2 is 1.95 bits per heavy atom. The summed E-state index contributed by atoms with van der Waals surface area (Å²) in [6.45, 7) is -0.0441. The second-order valence-electron chi connectivity index (χ2n) is 4.12. The van der Waals surface area contributed by atoms with Crippen LogP contribution in [0.4, 0.5) is 5.69 Å². The average molecular weight is 326 g/mol. The summed E-state index contributed by atoms with van der Waals surface area (Å²) in [4.78, 5) is 21.9. The number of hydrogen-bond donors (Lipinski definition) is 0. The summed E-state index contributed by atoms with van der Waals surface area (Å²) in [5.74, 6) is -0.662. The van der Waals surface area contributed by atoms with Crippen LogP contribution in [-0.2, 0) is 11.3 Å². The second-order valence-corrected chi connectivity index (χ2v) is 4.96. The van der Waals surface area contributed by atoms with Crippen LogP contribution in [0.1, 0.15) is 15.9 Å². The van der Waals surface area contributed by atoms with Crippen molar-refractivity contribution in [2.75, 3.05) is 0 Å². The molecule has 2 aromatic carbocycles. The van der Waals surface area contributed by atoms with Crippen molar-refractivity contribution in [3.63, 3.8) is 0 Å². The summed E-state index contributed by atoms with van der Waals surface area (Å²) in [5.41, 5.74) is 0.531. The van der Waals surface area contributed by atoms with Gasteiger partial charge in [0.1, 0.15) is 6.61 Å². The first-order valence-electron chi connectivity index (χ1n) is 5.83. The molecular weight excluding hydrogens is 317 g/mol. The van der Waals surface area contributed by atoms with Gasteiger partial charge in [0.15, 0.2) is 0 Å². The molecule has 0 heterocycles. The van der Waals surface area contributed by atoms with Gasteiger partial charge in [0, 0.05) is 27.7 Å². The van der Waals surface area contributed by atoms with Crippen LogP contribution in [0.2, 0.25) is 10.0 Å². The van der Waals surface area contributed by atoms with Crippen molar-refractivity contribution in [2.45, 2.75) is 6.61 Å². The van der Waals surface area contributed by atoms with Crippen molar-refractivity contribution in [1.82, 2.24) is 0 Å². The smallest absolute Gasteiger partial charge is 0.338 e. The molecule has 0 aliphatic heterocycles. The number of nitro groups is 1. The van der Waals surface area contributed by atoms with Gasteiger partial charge in [-0.3, -0.25) is 10.1 Å². The van der Waals surface area contributed by atoms with Crippen LogP contribution in [0.5, 0.6) is 0 Å². The van der Waals surface area contributed by atoms with E-state index in [4.69, 9.17) is 27.9 Å². The van der Waals surface area contributed by atoms with Crippen LogP contribution in [0.15, 0.2) is 42.5 Å². The molecule has 0 N–H and O–H groups in total. The molecule has 0 aliphatic rings. The first kappa shape index (κ1) is 15.3. The highest BCUT2D eigenvalue weighted by molar-refractivity contribution is 6.35. The zero-order valence-corrected chi connectivity index (χ0v) is 12.1. The summed E-state index contributed by atoms with van der Waals surface area (Å²) in [6, 6.07) is 10.1. The Morgan fingerprint density at radius 1 is 1.19 bits per heavy atom. The molecule has 2 aromatic rings. The van der Waals surface area contributed by atoms with Gasteiger partial charge in [0.2, 0.25) is 0 Å². The normalized spacial score (nSPS) is 10.2. The predicted molar refractivity (Wildman–Crippen MR) is 78.7 cm³/mol. The molecule has 0 saturated carbocycles. The molecule has 0 aliphatic carbocycles. The van der Waals surface area contributed by atoms with E-state index >= 15 is 0 Å². The maximum absolute atomic E-state index is 11.9. The fourth-order valence-corrected chi connectivity index (χ4v) is 2.07. The molecular formula is C14H9Cl2NO4. The molecule has 0 atom stereocenters. The zero-order valence-electron chi connectivity index (χ0n) is 10.6. The number of ether oxygens (including phenoxy) is 1. The van der Waals surface area contributed by atoms with E-state index in [9.17, 15) is 14.9 Å². The number of halogens is 2. The third-order valence-electron chi connectivity index (χ3n) is 2.67. The zero-order chi connectivity index (χ0) is 15.4. The molecule has 0 amide bonds. The number of nitro benzene ring substituents is 1. The van der Waals surface area contributed by atoms with Crippen LogP contribution in [0.25, 0.3) is 0 Å². The van der Waals surface area contributed by atoms with E-state index in [1.54, 1.807) is 18.2 Å². The fourth-order valence-electron chi connectivity index (χ4n) is 1.61. The lowest BCUT2D eigenvalue weighted by atomic mass is 10.2. The third kappa shape index (κ3) is 3.93. The first-order valence-corrected chi connectivity index (χ1v) is 6.58. The topological polar surface area (TPSA) is 69.4 Å². The lowest BCUT2D eigenvalue weighted by Gasteiger charge is -2.07. The minimum atomic E-state index is -0.662. The molecule has 5 nitrogen and oxygen atoms in total. The molecule has 0 bridgehead atoms.